The zero-order valence-corrected chi connectivity index (χ0v) is 15.8. The average molecular weight is 419 g/mol. The van der Waals surface area contributed by atoms with Crippen LogP contribution in [0.5, 0.6) is 5.75 Å². The van der Waals surface area contributed by atoms with Crippen LogP contribution >= 0.6 is 27.7 Å². The molecule has 2 amide bonds. The van der Waals surface area contributed by atoms with Crippen LogP contribution in [0, 0.1) is 0 Å². The van der Waals surface area contributed by atoms with Crippen molar-refractivity contribution >= 4 is 50.9 Å². The summed E-state index contributed by atoms with van der Waals surface area (Å²) in [7, 11) is 1.56. The number of halogens is 1. The number of hydrogen-bond acceptors (Lipinski definition) is 4. The Balaban J connectivity index is 1.71. The molecule has 1 fully saturated rings. The second-order valence-corrected chi connectivity index (χ2v) is 8.12. The summed E-state index contributed by atoms with van der Waals surface area (Å²) >= 11 is 4.85. The molecule has 1 unspecified atom stereocenters. The maximum absolute atomic E-state index is 13.2. The van der Waals surface area contributed by atoms with Crippen molar-refractivity contribution in [1.82, 2.24) is 0 Å². The van der Waals surface area contributed by atoms with Gasteiger partial charge in [0.2, 0.25) is 5.91 Å². The maximum atomic E-state index is 13.2. The Morgan fingerprint density at radius 3 is 2.92 bits per heavy atom. The smallest absolute Gasteiger partial charge is 0.261 e. The van der Waals surface area contributed by atoms with E-state index in [1.165, 1.54) is 11.8 Å². The molecule has 4 rings (SSSR count). The highest BCUT2D eigenvalue weighted by molar-refractivity contribution is 9.10. The summed E-state index contributed by atoms with van der Waals surface area (Å²) in [4.78, 5) is 27.3. The topological polar surface area (TPSA) is 58.6 Å². The third kappa shape index (κ3) is 2.53. The van der Waals surface area contributed by atoms with Crippen molar-refractivity contribution in [1.29, 1.82) is 0 Å². The van der Waals surface area contributed by atoms with Crippen LogP contribution in [0.1, 0.15) is 12.8 Å². The number of amides is 2. The molecule has 1 N–H and O–H groups in total. The molecule has 2 aliphatic heterocycles. The van der Waals surface area contributed by atoms with Gasteiger partial charge in [-0.15, -0.1) is 0 Å². The van der Waals surface area contributed by atoms with Crippen LogP contribution in [-0.4, -0.2) is 23.8 Å². The van der Waals surface area contributed by atoms with Gasteiger partial charge in [-0.2, -0.15) is 0 Å². The number of ether oxygens (including phenoxy) is 1. The van der Waals surface area contributed by atoms with Crippen LogP contribution in [0.15, 0.2) is 51.8 Å². The fourth-order valence-electron chi connectivity index (χ4n) is 3.30. The van der Waals surface area contributed by atoms with Gasteiger partial charge in [-0.25, -0.2) is 0 Å². The minimum absolute atomic E-state index is 0.0196. The molecule has 2 aromatic carbocycles. The molecule has 1 saturated heterocycles. The first-order valence-corrected chi connectivity index (χ1v) is 9.42. The third-order valence-electron chi connectivity index (χ3n) is 4.44. The molecule has 7 heteroatoms. The molecule has 0 aliphatic carbocycles. The molecule has 0 saturated carbocycles. The number of nitrogens with zero attached hydrogens (tertiary/aromatic N) is 1. The van der Waals surface area contributed by atoms with Gasteiger partial charge in [-0.3, -0.25) is 14.5 Å². The number of methoxy groups -OCH3 is 1. The van der Waals surface area contributed by atoms with E-state index in [1.807, 2.05) is 30.3 Å². The van der Waals surface area contributed by atoms with E-state index in [0.717, 1.165) is 15.1 Å². The van der Waals surface area contributed by atoms with Crippen molar-refractivity contribution in [3.63, 3.8) is 0 Å². The molecule has 128 valence electrons. The molecule has 0 aromatic heterocycles. The zero-order chi connectivity index (χ0) is 17.6. The molecule has 1 atom stereocenters. The fraction of sp³-hybridized carbons (Fsp3) is 0.222. The van der Waals surface area contributed by atoms with Crippen molar-refractivity contribution in [2.45, 2.75) is 22.6 Å². The Hall–Kier alpha value is -1.99. The van der Waals surface area contributed by atoms with Gasteiger partial charge in [0.05, 0.1) is 18.5 Å². The Morgan fingerprint density at radius 1 is 1.32 bits per heavy atom. The highest BCUT2D eigenvalue weighted by atomic mass is 79.9. The summed E-state index contributed by atoms with van der Waals surface area (Å²) < 4.78 is 6.17. The van der Waals surface area contributed by atoms with Crippen molar-refractivity contribution in [3.05, 3.63) is 46.9 Å². The van der Waals surface area contributed by atoms with Gasteiger partial charge in [0.1, 0.15) is 5.75 Å². The summed E-state index contributed by atoms with van der Waals surface area (Å²) in [6.45, 7) is 0. The quantitative estimate of drug-likeness (QED) is 0.817. The summed E-state index contributed by atoms with van der Waals surface area (Å²) in [6.07, 6.45) is 0.845. The maximum Gasteiger partial charge on any atom is 0.261 e. The summed E-state index contributed by atoms with van der Waals surface area (Å²) in [5, 5.41) is 2.95. The van der Waals surface area contributed by atoms with Gasteiger partial charge < -0.3 is 10.1 Å². The van der Waals surface area contributed by atoms with E-state index in [-0.39, 0.29) is 11.8 Å². The second kappa shape index (κ2) is 6.07. The number of rotatable bonds is 3. The van der Waals surface area contributed by atoms with Crippen molar-refractivity contribution in [2.75, 3.05) is 17.3 Å². The highest BCUT2D eigenvalue weighted by Gasteiger charge is 2.57. The molecule has 5 nitrogen and oxygen atoms in total. The standard InChI is InChI=1S/C18H15BrN2O3S/c1-24-14-7-6-11(19)10-12(14)20-17(23)18-9-8-16(22)21(18)13-4-2-3-5-15(13)25-18/h2-7,10H,8-9H2,1H3,(H,20,23). The number of para-hydroxylation sites is 1. The van der Waals surface area contributed by atoms with Crippen molar-refractivity contribution in [3.8, 4) is 5.75 Å². The number of nitrogens with one attached hydrogen (secondary N) is 1. The molecule has 2 heterocycles. The van der Waals surface area contributed by atoms with Crippen molar-refractivity contribution in [2.24, 2.45) is 0 Å². The normalized spacial score (nSPS) is 21.0. The van der Waals surface area contributed by atoms with E-state index in [1.54, 1.807) is 24.1 Å². The predicted octanol–water partition coefficient (Wildman–Crippen LogP) is 4.03. The van der Waals surface area contributed by atoms with Crippen LogP contribution in [0.3, 0.4) is 0 Å². The Bertz CT molecular complexity index is 888. The third-order valence-corrected chi connectivity index (χ3v) is 6.41. The number of fused-ring (bicyclic) bond motifs is 3. The van der Waals surface area contributed by atoms with E-state index in [2.05, 4.69) is 21.2 Å². The number of carbonyl (C=O) groups is 2. The number of carbonyl (C=O) groups excluding carboxylic acids is 2. The number of thioether (sulfide) groups is 1. The number of benzene rings is 2. The van der Waals surface area contributed by atoms with Crippen molar-refractivity contribution < 1.29 is 14.3 Å². The molecular formula is C18H15BrN2O3S. The highest BCUT2D eigenvalue weighted by Crippen LogP contribution is 2.56. The van der Waals surface area contributed by atoms with Gasteiger partial charge in [-0.05, 0) is 36.8 Å². The van der Waals surface area contributed by atoms with E-state index < -0.39 is 4.87 Å². The molecule has 0 spiro atoms. The monoisotopic (exact) mass is 418 g/mol. The van der Waals surface area contributed by atoms with Gasteiger partial charge in [0.15, 0.2) is 4.87 Å². The Kier molecular flexibility index (Phi) is 4.00. The first-order valence-electron chi connectivity index (χ1n) is 7.81. The van der Waals surface area contributed by atoms with Gasteiger partial charge in [-0.1, -0.05) is 39.8 Å². The van der Waals surface area contributed by atoms with E-state index in [0.29, 0.717) is 24.3 Å². The van der Waals surface area contributed by atoms with E-state index in [9.17, 15) is 9.59 Å². The molecule has 0 bridgehead atoms. The van der Waals surface area contributed by atoms with Crippen LogP contribution in [0.25, 0.3) is 0 Å². The summed E-state index contributed by atoms with van der Waals surface area (Å²) in [6, 6.07) is 13.1. The van der Waals surface area contributed by atoms with Crippen LogP contribution < -0.4 is 15.0 Å². The van der Waals surface area contributed by atoms with E-state index >= 15 is 0 Å². The first-order chi connectivity index (χ1) is 12.0. The summed E-state index contributed by atoms with van der Waals surface area (Å²) in [5.41, 5.74) is 1.39. The largest absolute Gasteiger partial charge is 0.495 e. The van der Waals surface area contributed by atoms with Gasteiger partial charge >= 0.3 is 0 Å². The first kappa shape index (κ1) is 16.5. The molecular weight excluding hydrogens is 404 g/mol. The lowest BCUT2D eigenvalue weighted by atomic mass is 10.1. The SMILES string of the molecule is COc1ccc(Br)cc1NC(=O)C12CCC(=O)N1c1ccccc1S2. The predicted molar refractivity (Wildman–Crippen MR) is 101 cm³/mol. The molecule has 2 aliphatic rings. The molecule has 2 aromatic rings. The zero-order valence-electron chi connectivity index (χ0n) is 13.4. The minimum atomic E-state index is -0.936. The lowest BCUT2D eigenvalue weighted by Crippen LogP contribution is -2.49. The Labute approximate surface area is 157 Å². The number of hydrogen-bond donors (Lipinski definition) is 1. The Morgan fingerprint density at radius 2 is 2.12 bits per heavy atom. The lowest BCUT2D eigenvalue weighted by Gasteiger charge is -2.29. The number of anilines is 2. The minimum Gasteiger partial charge on any atom is -0.495 e. The lowest BCUT2D eigenvalue weighted by molar-refractivity contribution is -0.121. The van der Waals surface area contributed by atoms with Gasteiger partial charge in [0.25, 0.3) is 5.91 Å². The van der Waals surface area contributed by atoms with Gasteiger partial charge in [0, 0.05) is 15.8 Å². The van der Waals surface area contributed by atoms with Crippen LogP contribution in [0.2, 0.25) is 0 Å². The fourth-order valence-corrected chi connectivity index (χ4v) is 5.07. The molecule has 0 radical (unpaired) electrons. The summed E-state index contributed by atoms with van der Waals surface area (Å²) in [5.74, 6) is 0.342. The average Bonchev–Trinajstić information content (AvgIpc) is 3.11. The molecule has 25 heavy (non-hydrogen) atoms. The van der Waals surface area contributed by atoms with Crippen LogP contribution in [0.4, 0.5) is 11.4 Å². The van der Waals surface area contributed by atoms with E-state index in [4.69, 9.17) is 4.74 Å². The second-order valence-electron chi connectivity index (χ2n) is 5.88. The van der Waals surface area contributed by atoms with Crippen LogP contribution in [-0.2, 0) is 9.59 Å².